The lowest BCUT2D eigenvalue weighted by atomic mass is 10.1. The van der Waals surface area contributed by atoms with E-state index in [9.17, 15) is 4.79 Å². The van der Waals surface area contributed by atoms with Gasteiger partial charge in [-0.1, -0.05) is 42.5 Å². The van der Waals surface area contributed by atoms with Gasteiger partial charge in [0.05, 0.1) is 6.42 Å². The molecule has 136 valence electrons. The van der Waals surface area contributed by atoms with Crippen molar-refractivity contribution in [1.82, 2.24) is 9.80 Å². The topological polar surface area (TPSA) is 42.0 Å². The Labute approximate surface area is 154 Å². The average molecular weight is 352 g/mol. The summed E-state index contributed by atoms with van der Waals surface area (Å²) in [5, 5.41) is 0. The van der Waals surface area contributed by atoms with E-state index in [1.165, 1.54) is 5.56 Å². The molecule has 0 spiro atoms. The molecule has 26 heavy (non-hydrogen) atoms. The van der Waals surface area contributed by atoms with Gasteiger partial charge in [-0.25, -0.2) is 0 Å². The second kappa shape index (κ2) is 7.79. The average Bonchev–Trinajstić information content (AvgIpc) is 2.69. The molecule has 4 rings (SSSR count). The minimum absolute atomic E-state index is 0.150. The Morgan fingerprint density at radius 3 is 2.38 bits per heavy atom. The van der Waals surface area contributed by atoms with E-state index in [2.05, 4.69) is 29.2 Å². The molecule has 1 amide bonds. The van der Waals surface area contributed by atoms with Gasteiger partial charge in [-0.3, -0.25) is 9.69 Å². The zero-order valence-corrected chi connectivity index (χ0v) is 14.8. The zero-order chi connectivity index (χ0) is 17.8. The second-order valence-corrected chi connectivity index (χ2v) is 6.84. The van der Waals surface area contributed by atoms with E-state index in [0.717, 1.165) is 44.2 Å². The van der Waals surface area contributed by atoms with E-state index in [4.69, 9.17) is 9.47 Å². The van der Waals surface area contributed by atoms with Crippen molar-refractivity contribution in [3.05, 3.63) is 60.2 Å². The van der Waals surface area contributed by atoms with Crippen LogP contribution >= 0.6 is 0 Å². The quantitative estimate of drug-likeness (QED) is 0.848. The summed E-state index contributed by atoms with van der Waals surface area (Å²) < 4.78 is 11.6. The van der Waals surface area contributed by atoms with Crippen LogP contribution in [0, 0.1) is 0 Å². The maximum atomic E-state index is 12.6. The molecule has 1 saturated heterocycles. The Bertz CT molecular complexity index is 742. The number of hydrogen-bond donors (Lipinski definition) is 0. The summed E-state index contributed by atoms with van der Waals surface area (Å²) in [4.78, 5) is 17.0. The van der Waals surface area contributed by atoms with Crippen LogP contribution in [-0.2, 0) is 11.3 Å². The molecule has 2 aromatic carbocycles. The lowest BCUT2D eigenvalue weighted by Crippen LogP contribution is -2.49. The van der Waals surface area contributed by atoms with Gasteiger partial charge in [-0.2, -0.15) is 0 Å². The fourth-order valence-electron chi connectivity index (χ4n) is 3.48. The number of piperazine rings is 1. The Balaban J connectivity index is 1.25. The highest BCUT2D eigenvalue weighted by Crippen LogP contribution is 2.31. The molecule has 0 unspecified atom stereocenters. The predicted molar refractivity (Wildman–Crippen MR) is 99.3 cm³/mol. The normalized spacial score (nSPS) is 20.0. The van der Waals surface area contributed by atoms with E-state index in [-0.39, 0.29) is 12.0 Å². The highest BCUT2D eigenvalue weighted by molar-refractivity contribution is 5.77. The first-order chi connectivity index (χ1) is 12.8. The Hall–Kier alpha value is -2.53. The van der Waals surface area contributed by atoms with Gasteiger partial charge in [-0.15, -0.1) is 0 Å². The number of ether oxygens (including phenoxy) is 2. The summed E-state index contributed by atoms with van der Waals surface area (Å²) in [7, 11) is 0. The molecule has 0 aromatic heterocycles. The highest BCUT2D eigenvalue weighted by atomic mass is 16.6. The number of benzene rings is 2. The number of carbonyl (C=O) groups is 1. The predicted octanol–water partition coefficient (Wildman–Crippen LogP) is 2.56. The molecular formula is C21H24N2O3. The van der Waals surface area contributed by atoms with Gasteiger partial charge < -0.3 is 14.4 Å². The molecule has 1 atom stereocenters. The van der Waals surface area contributed by atoms with Gasteiger partial charge in [0.1, 0.15) is 12.7 Å². The molecule has 0 saturated carbocycles. The molecule has 2 aromatic rings. The fourth-order valence-corrected chi connectivity index (χ4v) is 3.48. The van der Waals surface area contributed by atoms with E-state index in [1.807, 2.05) is 35.2 Å². The van der Waals surface area contributed by atoms with Crippen LogP contribution in [0.25, 0.3) is 0 Å². The maximum Gasteiger partial charge on any atom is 0.226 e. The largest absolute Gasteiger partial charge is 0.486 e. The lowest BCUT2D eigenvalue weighted by molar-refractivity contribution is -0.135. The lowest BCUT2D eigenvalue weighted by Gasteiger charge is -2.35. The first-order valence-electron chi connectivity index (χ1n) is 9.20. The van der Waals surface area contributed by atoms with E-state index >= 15 is 0 Å². The summed E-state index contributed by atoms with van der Waals surface area (Å²) in [5.41, 5.74) is 1.32. The van der Waals surface area contributed by atoms with Crippen LogP contribution in [-0.4, -0.2) is 54.6 Å². The maximum absolute atomic E-state index is 12.6. The summed E-state index contributed by atoms with van der Waals surface area (Å²) in [6, 6.07) is 18.1. The third kappa shape index (κ3) is 3.99. The first-order valence-corrected chi connectivity index (χ1v) is 9.20. The molecule has 0 bridgehead atoms. The Kier molecular flexibility index (Phi) is 5.07. The van der Waals surface area contributed by atoms with E-state index < -0.39 is 0 Å². The van der Waals surface area contributed by atoms with E-state index in [1.54, 1.807) is 0 Å². The second-order valence-electron chi connectivity index (χ2n) is 6.84. The van der Waals surface area contributed by atoms with Gasteiger partial charge in [0.15, 0.2) is 11.5 Å². The zero-order valence-electron chi connectivity index (χ0n) is 14.8. The first kappa shape index (κ1) is 16.9. The number of nitrogens with zero attached hydrogens (tertiary/aromatic N) is 2. The van der Waals surface area contributed by atoms with Crippen LogP contribution in [0.2, 0.25) is 0 Å². The third-order valence-electron chi connectivity index (χ3n) is 4.94. The van der Waals surface area contributed by atoms with Crippen LogP contribution < -0.4 is 9.47 Å². The molecule has 2 aliphatic heterocycles. The minimum atomic E-state index is -0.209. The van der Waals surface area contributed by atoms with Crippen LogP contribution in [0.15, 0.2) is 54.6 Å². The van der Waals surface area contributed by atoms with Crippen LogP contribution in [0.4, 0.5) is 0 Å². The highest BCUT2D eigenvalue weighted by Gasteiger charge is 2.27. The van der Waals surface area contributed by atoms with Gasteiger partial charge >= 0.3 is 0 Å². The number of fused-ring (bicyclic) bond motifs is 1. The molecule has 5 heteroatoms. The smallest absolute Gasteiger partial charge is 0.226 e. The van der Waals surface area contributed by atoms with Crippen molar-refractivity contribution in [1.29, 1.82) is 0 Å². The summed E-state index contributed by atoms with van der Waals surface area (Å²) in [6.07, 6.45) is 0.160. The summed E-state index contributed by atoms with van der Waals surface area (Å²) in [6.45, 7) is 4.73. The number of hydrogen-bond acceptors (Lipinski definition) is 4. The SMILES string of the molecule is O=C(C[C@@H]1COc2ccccc2O1)N1CCN(Cc2ccccc2)CC1. The number of rotatable bonds is 4. The van der Waals surface area contributed by atoms with Crippen molar-refractivity contribution in [3.8, 4) is 11.5 Å². The Morgan fingerprint density at radius 1 is 0.923 bits per heavy atom. The minimum Gasteiger partial charge on any atom is -0.486 e. The van der Waals surface area contributed by atoms with Crippen molar-refractivity contribution in [3.63, 3.8) is 0 Å². The molecule has 5 nitrogen and oxygen atoms in total. The molecule has 0 N–H and O–H groups in total. The third-order valence-corrected chi connectivity index (χ3v) is 4.94. The van der Waals surface area contributed by atoms with Crippen molar-refractivity contribution < 1.29 is 14.3 Å². The van der Waals surface area contributed by atoms with Gasteiger partial charge in [0, 0.05) is 32.7 Å². The molecule has 2 aliphatic rings. The van der Waals surface area contributed by atoms with Crippen LogP contribution in [0.1, 0.15) is 12.0 Å². The van der Waals surface area contributed by atoms with Crippen LogP contribution in [0.3, 0.4) is 0 Å². The summed E-state index contributed by atoms with van der Waals surface area (Å²) in [5.74, 6) is 1.63. The molecule has 1 fully saturated rings. The molecule has 0 radical (unpaired) electrons. The van der Waals surface area contributed by atoms with Gasteiger partial charge in [0.25, 0.3) is 0 Å². The number of para-hydroxylation sites is 2. The monoisotopic (exact) mass is 352 g/mol. The van der Waals surface area contributed by atoms with Crippen molar-refractivity contribution in [2.45, 2.75) is 19.1 Å². The fraction of sp³-hybridized carbons (Fsp3) is 0.381. The van der Waals surface area contributed by atoms with Crippen molar-refractivity contribution in [2.75, 3.05) is 32.8 Å². The number of carbonyl (C=O) groups excluding carboxylic acids is 1. The van der Waals surface area contributed by atoms with Crippen molar-refractivity contribution in [2.24, 2.45) is 0 Å². The standard InChI is InChI=1S/C21H24N2O3/c24-21(14-18-16-25-19-8-4-5-9-20(19)26-18)23-12-10-22(11-13-23)15-17-6-2-1-3-7-17/h1-9,18H,10-16H2/t18-/m1/s1. The molecule has 2 heterocycles. The van der Waals surface area contributed by atoms with Gasteiger partial charge in [-0.05, 0) is 17.7 Å². The number of amides is 1. The molecule has 0 aliphatic carbocycles. The Morgan fingerprint density at radius 2 is 1.62 bits per heavy atom. The van der Waals surface area contributed by atoms with E-state index in [0.29, 0.717) is 13.0 Å². The van der Waals surface area contributed by atoms with Crippen molar-refractivity contribution >= 4 is 5.91 Å². The summed E-state index contributed by atoms with van der Waals surface area (Å²) >= 11 is 0. The molecular weight excluding hydrogens is 328 g/mol. The van der Waals surface area contributed by atoms with Gasteiger partial charge in [0.2, 0.25) is 5.91 Å². The van der Waals surface area contributed by atoms with Crippen LogP contribution in [0.5, 0.6) is 11.5 Å².